The Hall–Kier alpha value is -5.60. The molecule has 0 saturated heterocycles. The van der Waals surface area contributed by atoms with E-state index in [-0.39, 0.29) is 0 Å². The van der Waals surface area contributed by atoms with E-state index in [1.54, 1.807) is 0 Å². The number of hydrogen-bond acceptors (Lipinski definition) is 8. The zero-order chi connectivity index (χ0) is 28.5. The molecule has 0 spiro atoms. The van der Waals surface area contributed by atoms with E-state index in [0.717, 1.165) is 24.3 Å². The molecule has 2 aliphatic carbocycles. The van der Waals surface area contributed by atoms with E-state index < -0.39 is 0 Å². The molecule has 0 aliphatic heterocycles. The molecule has 8 nitrogen and oxygen atoms in total. The molecule has 0 aromatic heterocycles. The molecule has 0 fully saturated rings. The second-order valence-electron chi connectivity index (χ2n) is 7.55. The summed E-state index contributed by atoms with van der Waals surface area (Å²) in [4.78, 5) is 33.4. The highest BCUT2D eigenvalue weighted by atomic mass is 16.1. The largest absolute Gasteiger partial charge is 0.231 e. The molecular formula is C30H24N4O4. The van der Waals surface area contributed by atoms with Crippen molar-refractivity contribution in [2.75, 3.05) is 0 Å². The molecule has 4 aromatic carbocycles. The van der Waals surface area contributed by atoms with Gasteiger partial charge in [0.25, 0.3) is 0 Å². The lowest BCUT2D eigenvalue weighted by molar-refractivity contribution is 0.562. The molecule has 6 rings (SSSR count). The fourth-order valence-corrected chi connectivity index (χ4v) is 4.13. The third-order valence-electron chi connectivity index (χ3n) is 5.44. The van der Waals surface area contributed by atoms with Crippen molar-refractivity contribution < 1.29 is 19.2 Å². The maximum absolute atomic E-state index is 8.35. The fourth-order valence-electron chi connectivity index (χ4n) is 4.13. The second kappa shape index (κ2) is 16.1. The van der Waals surface area contributed by atoms with Gasteiger partial charge >= 0.3 is 0 Å². The molecule has 4 aromatic rings. The van der Waals surface area contributed by atoms with Gasteiger partial charge in [0, 0.05) is 0 Å². The van der Waals surface area contributed by atoms with Crippen molar-refractivity contribution in [2.24, 2.45) is 0 Å². The van der Waals surface area contributed by atoms with Gasteiger partial charge in [-0.3, -0.25) is 0 Å². The van der Waals surface area contributed by atoms with E-state index in [0.29, 0.717) is 0 Å². The number of rotatable bonds is 0. The summed E-state index contributed by atoms with van der Waals surface area (Å²) >= 11 is 0. The van der Waals surface area contributed by atoms with Crippen LogP contribution in [0.4, 0.5) is 0 Å². The molecule has 8 heteroatoms. The van der Waals surface area contributed by atoms with Crippen molar-refractivity contribution >= 4 is 24.3 Å². The van der Waals surface area contributed by atoms with Crippen LogP contribution in [0, 0.1) is 35.5 Å². The molecule has 0 radical (unpaired) electrons. The average Bonchev–Trinajstić information content (AvgIpc) is 2.88. The lowest BCUT2D eigenvalue weighted by Gasteiger charge is -2.25. The normalized spacial score (nSPS) is 8.68. The van der Waals surface area contributed by atoms with E-state index in [1.807, 2.05) is 0 Å². The summed E-state index contributed by atoms with van der Waals surface area (Å²) in [6.07, 6.45) is 3.00. The molecular weight excluding hydrogens is 480 g/mol. The minimum Gasteiger partial charge on any atom is -0.222 e. The second-order valence-corrected chi connectivity index (χ2v) is 7.55. The maximum Gasteiger partial charge on any atom is 0.231 e. The van der Waals surface area contributed by atoms with E-state index in [2.05, 4.69) is 98.8 Å². The van der Waals surface area contributed by atoms with Gasteiger partial charge in [0.2, 0.25) is 24.3 Å². The predicted molar refractivity (Wildman–Crippen MR) is 145 cm³/mol. The van der Waals surface area contributed by atoms with Crippen LogP contribution in [0.15, 0.2) is 84.9 Å². The van der Waals surface area contributed by atoms with Crippen molar-refractivity contribution in [2.45, 2.75) is 13.8 Å². The van der Waals surface area contributed by atoms with Crippen molar-refractivity contribution in [3.8, 4) is 44.5 Å². The Bertz CT molecular complexity index is 1480. The van der Waals surface area contributed by atoms with Crippen LogP contribution in [0.25, 0.3) is 44.5 Å². The molecule has 4 N–H and O–H groups in total. The van der Waals surface area contributed by atoms with Gasteiger partial charge in [-0.1, -0.05) is 90.5 Å². The van der Waals surface area contributed by atoms with Crippen molar-refractivity contribution in [3.63, 3.8) is 0 Å². The van der Waals surface area contributed by atoms with Gasteiger partial charge < -0.3 is 0 Å². The van der Waals surface area contributed by atoms with Gasteiger partial charge in [-0.15, -0.1) is 0 Å². The highest BCUT2D eigenvalue weighted by Gasteiger charge is 2.22. The first kappa shape index (κ1) is 30.4. The molecule has 0 saturated carbocycles. The average molecular weight is 505 g/mol. The zero-order valence-corrected chi connectivity index (χ0v) is 20.7. The van der Waals surface area contributed by atoms with Gasteiger partial charge in [-0.05, 0) is 63.9 Å². The third kappa shape index (κ3) is 7.45. The lowest BCUT2D eigenvalue weighted by atomic mass is 9.78. The molecule has 0 atom stereocenters. The van der Waals surface area contributed by atoms with Crippen LogP contribution in [0.5, 0.6) is 0 Å². The summed E-state index contributed by atoms with van der Waals surface area (Å²) in [7, 11) is 0. The Morgan fingerprint density at radius 2 is 0.816 bits per heavy atom. The van der Waals surface area contributed by atoms with Crippen LogP contribution in [0.1, 0.15) is 11.1 Å². The van der Waals surface area contributed by atoms with Crippen LogP contribution in [0.2, 0.25) is 0 Å². The van der Waals surface area contributed by atoms with Crippen LogP contribution >= 0.6 is 0 Å². The van der Waals surface area contributed by atoms with Crippen LogP contribution in [-0.2, 0) is 19.2 Å². The Labute approximate surface area is 219 Å². The lowest BCUT2D eigenvalue weighted by Crippen LogP contribution is -1.99. The summed E-state index contributed by atoms with van der Waals surface area (Å²) in [6, 6.07) is 30.3. The smallest absolute Gasteiger partial charge is 0.222 e. The number of carbonyl (C=O) groups excluding carboxylic acids is 4. The first-order valence-corrected chi connectivity index (χ1v) is 11.0. The summed E-state index contributed by atoms with van der Waals surface area (Å²) in [5, 5.41) is 21.6. The number of isocyanates is 4. The molecule has 38 heavy (non-hydrogen) atoms. The van der Waals surface area contributed by atoms with E-state index in [4.69, 9.17) is 40.8 Å². The monoisotopic (exact) mass is 504 g/mol. The van der Waals surface area contributed by atoms with E-state index in [1.165, 1.54) is 55.6 Å². The van der Waals surface area contributed by atoms with Gasteiger partial charge in [0.15, 0.2) is 0 Å². The molecule has 188 valence electrons. The first-order valence-electron chi connectivity index (χ1n) is 11.0. The Morgan fingerprint density at radius 1 is 0.447 bits per heavy atom. The zero-order valence-electron chi connectivity index (χ0n) is 20.7. The van der Waals surface area contributed by atoms with Crippen LogP contribution in [0.3, 0.4) is 0 Å². The molecule has 0 amide bonds. The van der Waals surface area contributed by atoms with Crippen molar-refractivity contribution in [1.29, 1.82) is 21.6 Å². The highest BCUT2D eigenvalue weighted by molar-refractivity contribution is 6.03. The maximum atomic E-state index is 8.35. The minimum absolute atomic E-state index is 0.750. The van der Waals surface area contributed by atoms with Gasteiger partial charge in [-0.25, -0.2) is 40.8 Å². The van der Waals surface area contributed by atoms with Crippen LogP contribution < -0.4 is 0 Å². The molecule has 0 unspecified atom stereocenters. The van der Waals surface area contributed by atoms with Gasteiger partial charge in [0.1, 0.15) is 0 Å². The summed E-state index contributed by atoms with van der Waals surface area (Å²) < 4.78 is 0. The van der Waals surface area contributed by atoms with Gasteiger partial charge in [0.05, 0.1) is 0 Å². The third-order valence-corrected chi connectivity index (χ3v) is 5.44. The van der Waals surface area contributed by atoms with E-state index in [9.17, 15) is 0 Å². The standard InChI is InChI=1S/2C13H10.4CHNO/c1-9-5-4-8-12-10-6-2-3-7-11(10)13(9)12;1-9-6-7-12-10-4-2-3-5-11(10)13(12)8-9;4*2-1-3/h2*2-8H,1H3;4*2H. The Morgan fingerprint density at radius 3 is 1.32 bits per heavy atom. The Balaban J connectivity index is 0.000000271. The summed E-state index contributed by atoms with van der Waals surface area (Å²) in [5.41, 5.74) is 14.0. The number of benzene rings is 4. The fraction of sp³-hybridized carbons (Fsp3) is 0.0667. The minimum atomic E-state index is 0.750. The molecule has 0 heterocycles. The Kier molecular flexibility index (Phi) is 12.9. The number of fused-ring (bicyclic) bond motifs is 8. The quantitative estimate of drug-likeness (QED) is 0.131. The van der Waals surface area contributed by atoms with Crippen LogP contribution in [-0.4, -0.2) is 24.3 Å². The van der Waals surface area contributed by atoms with Crippen molar-refractivity contribution in [3.05, 3.63) is 96.1 Å². The topological polar surface area (TPSA) is 164 Å². The number of aryl methyl sites for hydroxylation is 2. The van der Waals surface area contributed by atoms with E-state index >= 15 is 0 Å². The number of hydrogen-bond donors (Lipinski definition) is 4. The molecule has 0 bridgehead atoms. The summed E-state index contributed by atoms with van der Waals surface area (Å²) in [6.45, 7) is 4.32. The molecule has 2 aliphatic rings. The number of nitrogens with one attached hydrogen (secondary N) is 4. The summed E-state index contributed by atoms with van der Waals surface area (Å²) in [5.74, 6) is 0. The van der Waals surface area contributed by atoms with Gasteiger partial charge in [-0.2, -0.15) is 0 Å². The highest BCUT2D eigenvalue weighted by Crippen LogP contribution is 2.48. The first-order chi connectivity index (χ1) is 18.4. The van der Waals surface area contributed by atoms with Crippen molar-refractivity contribution in [1.82, 2.24) is 0 Å². The predicted octanol–water partition coefficient (Wildman–Crippen LogP) is 6.89. The SMILES string of the molecule is Cc1ccc2c(c1)-c1ccccc1-2.Cc1cccc2c1-c1ccccc1-2.N=C=O.N=C=O.N=C=O.N=C=O.